The van der Waals surface area contributed by atoms with Gasteiger partial charge in [-0.3, -0.25) is 4.18 Å². The molecule has 0 heterocycles. The molecule has 0 aliphatic rings. The van der Waals surface area contributed by atoms with Crippen molar-refractivity contribution in [1.29, 1.82) is 0 Å². The lowest BCUT2D eigenvalue weighted by molar-refractivity contribution is -0.116. The van der Waals surface area contributed by atoms with Crippen LogP contribution in [0, 0.1) is 0 Å². The molecule has 0 radical (unpaired) electrons. The number of aliphatic hydroxyl groups is 3. The van der Waals surface area contributed by atoms with Crippen molar-refractivity contribution in [1.82, 2.24) is 0 Å². The number of hydrogen-bond acceptors (Lipinski definition) is 6. The molecular formula is C3H7O6S-. The van der Waals surface area contributed by atoms with Crippen LogP contribution in [0.4, 0.5) is 0 Å². The Hall–Kier alpha value is -0.0500. The van der Waals surface area contributed by atoms with Crippen molar-refractivity contribution >= 4 is 11.4 Å². The summed E-state index contributed by atoms with van der Waals surface area (Å²) in [4.78, 5) is 0. The van der Waals surface area contributed by atoms with Gasteiger partial charge in [0.1, 0.15) is 6.10 Å². The highest BCUT2D eigenvalue weighted by Gasteiger charge is 2.15. The van der Waals surface area contributed by atoms with Crippen LogP contribution in [0.1, 0.15) is 0 Å². The van der Waals surface area contributed by atoms with Crippen LogP contribution in [-0.4, -0.2) is 43.1 Å². The van der Waals surface area contributed by atoms with Crippen molar-refractivity contribution in [3.05, 3.63) is 0 Å². The Morgan fingerprint density at radius 1 is 1.60 bits per heavy atom. The van der Waals surface area contributed by atoms with Gasteiger partial charge in [0, 0.05) is 0 Å². The Bertz CT molecular complexity index is 116. The van der Waals surface area contributed by atoms with Crippen LogP contribution in [0.3, 0.4) is 0 Å². The fourth-order valence-electron chi connectivity index (χ4n) is 0.235. The summed E-state index contributed by atoms with van der Waals surface area (Å²) in [6, 6.07) is 0. The smallest absolute Gasteiger partial charge is 0.197 e. The molecule has 0 aromatic carbocycles. The minimum atomic E-state index is -2.89. The fourth-order valence-corrected chi connectivity index (χ4v) is 0.524. The summed E-state index contributed by atoms with van der Waals surface area (Å²) in [7, 11) is 0. The van der Waals surface area contributed by atoms with Crippen LogP contribution in [-0.2, 0) is 15.5 Å². The van der Waals surface area contributed by atoms with Crippen LogP contribution in [0.2, 0.25) is 0 Å². The van der Waals surface area contributed by atoms with Gasteiger partial charge < -0.3 is 19.9 Å². The van der Waals surface area contributed by atoms with Crippen LogP contribution in [0.25, 0.3) is 0 Å². The van der Waals surface area contributed by atoms with Crippen LogP contribution >= 0.6 is 0 Å². The van der Waals surface area contributed by atoms with E-state index in [9.17, 15) is 8.76 Å². The standard InChI is InChI=1S/C3H8O6S/c4-1-2(5)3(6)9-10(7)8/h2-6H,1H2,(H,7,8)/p-1. The zero-order valence-corrected chi connectivity index (χ0v) is 5.65. The van der Waals surface area contributed by atoms with Gasteiger partial charge in [0.2, 0.25) is 0 Å². The molecule has 7 heteroatoms. The highest BCUT2D eigenvalue weighted by Crippen LogP contribution is 1.95. The molecule has 0 saturated carbocycles. The zero-order chi connectivity index (χ0) is 8.15. The molecule has 0 spiro atoms. The van der Waals surface area contributed by atoms with Gasteiger partial charge in [0.25, 0.3) is 0 Å². The molecule has 3 N–H and O–H groups in total. The molecule has 0 fully saturated rings. The molecule has 0 aromatic rings. The van der Waals surface area contributed by atoms with E-state index in [1.165, 1.54) is 0 Å². The zero-order valence-electron chi connectivity index (χ0n) is 4.84. The predicted molar refractivity (Wildman–Crippen MR) is 29.1 cm³/mol. The summed E-state index contributed by atoms with van der Waals surface area (Å²) in [6.07, 6.45) is -3.50. The molecular weight excluding hydrogens is 164 g/mol. The number of rotatable bonds is 4. The third-order valence-corrected chi connectivity index (χ3v) is 1.05. The average Bonchev–Trinajstić information content (AvgIpc) is 1.85. The maximum absolute atomic E-state index is 9.66. The van der Waals surface area contributed by atoms with Crippen LogP contribution in [0.15, 0.2) is 0 Å². The molecule has 0 aliphatic carbocycles. The van der Waals surface area contributed by atoms with E-state index in [1.807, 2.05) is 0 Å². The lowest BCUT2D eigenvalue weighted by Crippen LogP contribution is -2.32. The summed E-state index contributed by atoms with van der Waals surface area (Å²) in [5, 5.41) is 25.1. The summed E-state index contributed by atoms with van der Waals surface area (Å²) >= 11 is -2.89. The predicted octanol–water partition coefficient (Wildman–Crippen LogP) is -2.53. The molecule has 10 heavy (non-hydrogen) atoms. The van der Waals surface area contributed by atoms with Crippen molar-refractivity contribution in [2.24, 2.45) is 0 Å². The molecule has 3 unspecified atom stereocenters. The maximum Gasteiger partial charge on any atom is 0.197 e. The van der Waals surface area contributed by atoms with Crippen molar-refractivity contribution in [2.45, 2.75) is 12.4 Å². The van der Waals surface area contributed by atoms with E-state index < -0.39 is 30.4 Å². The Balaban J connectivity index is 3.61. The van der Waals surface area contributed by atoms with Gasteiger partial charge in [0.15, 0.2) is 6.29 Å². The van der Waals surface area contributed by atoms with Gasteiger partial charge in [-0.2, -0.15) is 0 Å². The summed E-state index contributed by atoms with van der Waals surface area (Å²) in [5.41, 5.74) is 0. The first-order valence-electron chi connectivity index (χ1n) is 2.31. The van der Waals surface area contributed by atoms with Crippen molar-refractivity contribution in [3.63, 3.8) is 0 Å². The van der Waals surface area contributed by atoms with Crippen molar-refractivity contribution in [3.8, 4) is 0 Å². The molecule has 0 bridgehead atoms. The third-order valence-electron chi connectivity index (χ3n) is 0.693. The monoisotopic (exact) mass is 171 g/mol. The topological polar surface area (TPSA) is 110 Å². The van der Waals surface area contributed by atoms with Gasteiger partial charge in [-0.05, 0) is 0 Å². The van der Waals surface area contributed by atoms with Gasteiger partial charge >= 0.3 is 0 Å². The van der Waals surface area contributed by atoms with Gasteiger partial charge in [0.05, 0.1) is 18.0 Å². The summed E-state index contributed by atoms with van der Waals surface area (Å²) in [6.45, 7) is -0.766. The van der Waals surface area contributed by atoms with Gasteiger partial charge in [-0.1, -0.05) is 0 Å². The summed E-state index contributed by atoms with van der Waals surface area (Å²) in [5.74, 6) is 0. The van der Waals surface area contributed by atoms with Crippen LogP contribution < -0.4 is 0 Å². The van der Waals surface area contributed by atoms with Gasteiger partial charge in [-0.25, -0.2) is 4.21 Å². The lowest BCUT2D eigenvalue weighted by Gasteiger charge is -2.16. The van der Waals surface area contributed by atoms with Crippen LogP contribution in [0.5, 0.6) is 0 Å². The molecule has 6 nitrogen and oxygen atoms in total. The van der Waals surface area contributed by atoms with Crippen molar-refractivity contribution in [2.75, 3.05) is 6.61 Å². The first-order valence-corrected chi connectivity index (χ1v) is 3.31. The Morgan fingerprint density at radius 3 is 2.40 bits per heavy atom. The van der Waals surface area contributed by atoms with E-state index in [0.29, 0.717) is 0 Å². The van der Waals surface area contributed by atoms with E-state index in [4.69, 9.17) is 15.3 Å². The summed E-state index contributed by atoms with van der Waals surface area (Å²) < 4.78 is 23.0. The highest BCUT2D eigenvalue weighted by atomic mass is 32.2. The normalized spacial score (nSPS) is 20.0. The first kappa shape index (κ1) is 9.95. The highest BCUT2D eigenvalue weighted by molar-refractivity contribution is 7.74. The van der Waals surface area contributed by atoms with E-state index in [-0.39, 0.29) is 0 Å². The van der Waals surface area contributed by atoms with Crippen molar-refractivity contribution < 1.29 is 28.3 Å². The minimum Gasteiger partial charge on any atom is -0.750 e. The van der Waals surface area contributed by atoms with E-state index in [1.54, 1.807) is 0 Å². The Labute approximate surface area is 59.6 Å². The van der Waals surface area contributed by atoms with E-state index in [2.05, 4.69) is 4.18 Å². The molecule has 0 rings (SSSR count). The Morgan fingerprint density at radius 2 is 2.10 bits per heavy atom. The molecule has 3 atom stereocenters. The third kappa shape index (κ3) is 3.88. The molecule has 0 saturated heterocycles. The lowest BCUT2D eigenvalue weighted by atomic mass is 10.4. The van der Waals surface area contributed by atoms with E-state index >= 15 is 0 Å². The Kier molecular flexibility index (Phi) is 4.69. The minimum absolute atomic E-state index is 0.766. The first-order chi connectivity index (χ1) is 4.57. The van der Waals surface area contributed by atoms with E-state index in [0.717, 1.165) is 0 Å². The molecule has 0 aromatic heterocycles. The molecule has 0 amide bonds. The fraction of sp³-hybridized carbons (Fsp3) is 1.00. The molecule has 62 valence electrons. The quantitative estimate of drug-likeness (QED) is 0.318. The number of hydrogen-bond donors (Lipinski definition) is 3. The second-order valence-electron chi connectivity index (χ2n) is 1.44. The second-order valence-corrected chi connectivity index (χ2v) is 2.04. The second kappa shape index (κ2) is 4.72. The largest absolute Gasteiger partial charge is 0.750 e. The number of aliphatic hydroxyl groups excluding tert-OH is 3. The SMILES string of the molecule is O=S([O-])OC(O)C(O)CO. The average molecular weight is 171 g/mol. The maximum atomic E-state index is 9.66. The molecule has 0 aliphatic heterocycles. The van der Waals surface area contributed by atoms with Gasteiger partial charge in [-0.15, -0.1) is 0 Å².